The zero-order chi connectivity index (χ0) is 20.4. The molecule has 1 heterocycles. The van der Waals surface area contributed by atoms with Crippen molar-refractivity contribution in [2.24, 2.45) is 0 Å². The molecule has 1 amide bonds. The van der Waals surface area contributed by atoms with Gasteiger partial charge in [-0.25, -0.2) is 4.79 Å². The molecule has 6 heteroatoms. The highest BCUT2D eigenvalue weighted by Crippen LogP contribution is 2.29. The van der Waals surface area contributed by atoms with Gasteiger partial charge in [-0.2, -0.15) is 0 Å². The number of hydrogen-bond donors (Lipinski definition) is 1. The lowest BCUT2D eigenvalue weighted by atomic mass is 10.1. The molecule has 0 radical (unpaired) electrons. The number of unbranched alkanes of at least 4 members (excludes halogenated alkanes) is 3. The van der Waals surface area contributed by atoms with Crippen LogP contribution in [0, 0.1) is 0 Å². The van der Waals surface area contributed by atoms with Crippen LogP contribution in [-0.2, 0) is 9.53 Å². The van der Waals surface area contributed by atoms with Gasteiger partial charge < -0.3 is 19.9 Å². The van der Waals surface area contributed by atoms with Gasteiger partial charge in [0.15, 0.2) is 0 Å². The van der Waals surface area contributed by atoms with Crippen LogP contribution in [-0.4, -0.2) is 56.1 Å². The first-order chi connectivity index (χ1) is 13.6. The fourth-order valence-electron chi connectivity index (χ4n) is 3.48. The summed E-state index contributed by atoms with van der Waals surface area (Å²) in [6, 6.07) is 5.47. The molecule has 1 aliphatic rings. The molecule has 0 unspecified atom stereocenters. The lowest BCUT2D eigenvalue weighted by Crippen LogP contribution is -2.46. The largest absolute Gasteiger partial charge is 0.462 e. The zero-order valence-corrected chi connectivity index (χ0v) is 17.6. The van der Waals surface area contributed by atoms with Crippen molar-refractivity contribution < 1.29 is 14.3 Å². The van der Waals surface area contributed by atoms with Crippen LogP contribution in [0.4, 0.5) is 11.4 Å². The molecule has 0 aromatic heterocycles. The van der Waals surface area contributed by atoms with Crippen LogP contribution in [0.25, 0.3) is 0 Å². The van der Waals surface area contributed by atoms with Gasteiger partial charge in [-0.3, -0.25) is 4.79 Å². The van der Waals surface area contributed by atoms with Crippen LogP contribution < -0.4 is 10.2 Å². The number of ether oxygens (including phenoxy) is 1. The molecule has 1 fully saturated rings. The van der Waals surface area contributed by atoms with Crippen molar-refractivity contribution in [2.45, 2.75) is 52.9 Å². The summed E-state index contributed by atoms with van der Waals surface area (Å²) < 4.78 is 5.12. The Labute approximate surface area is 169 Å². The first-order valence-corrected chi connectivity index (χ1v) is 10.7. The molecule has 1 saturated heterocycles. The van der Waals surface area contributed by atoms with Crippen molar-refractivity contribution in [1.29, 1.82) is 0 Å². The highest BCUT2D eigenvalue weighted by Gasteiger charge is 2.20. The van der Waals surface area contributed by atoms with Crippen LogP contribution in [0.15, 0.2) is 18.2 Å². The van der Waals surface area contributed by atoms with Crippen LogP contribution >= 0.6 is 0 Å². The van der Waals surface area contributed by atoms with Crippen molar-refractivity contribution in [2.75, 3.05) is 49.5 Å². The number of hydrogen-bond acceptors (Lipinski definition) is 5. The average molecular weight is 390 g/mol. The van der Waals surface area contributed by atoms with Crippen molar-refractivity contribution in [1.82, 2.24) is 4.90 Å². The summed E-state index contributed by atoms with van der Waals surface area (Å²) in [7, 11) is 0. The highest BCUT2D eigenvalue weighted by atomic mass is 16.5. The monoisotopic (exact) mass is 389 g/mol. The van der Waals surface area contributed by atoms with E-state index in [-0.39, 0.29) is 11.9 Å². The average Bonchev–Trinajstić information content (AvgIpc) is 2.71. The second-order valence-corrected chi connectivity index (χ2v) is 7.23. The third kappa shape index (κ3) is 6.51. The maximum Gasteiger partial charge on any atom is 0.338 e. The number of carbonyl (C=O) groups is 2. The van der Waals surface area contributed by atoms with Gasteiger partial charge in [0.25, 0.3) is 0 Å². The molecule has 1 aromatic rings. The SMILES string of the molecule is CCCCCCC(=O)Nc1cc(C(=O)OCC)ccc1N1CCN(CC)CC1. The number of nitrogens with zero attached hydrogens (tertiary/aromatic N) is 2. The minimum atomic E-state index is -0.358. The van der Waals surface area contributed by atoms with Gasteiger partial charge in [0.2, 0.25) is 5.91 Å². The zero-order valence-electron chi connectivity index (χ0n) is 17.6. The van der Waals surface area contributed by atoms with Gasteiger partial charge in [0.05, 0.1) is 23.5 Å². The lowest BCUT2D eigenvalue weighted by molar-refractivity contribution is -0.116. The summed E-state index contributed by atoms with van der Waals surface area (Å²) in [4.78, 5) is 29.3. The van der Waals surface area contributed by atoms with E-state index in [1.807, 2.05) is 6.07 Å². The Morgan fingerprint density at radius 3 is 2.43 bits per heavy atom. The van der Waals surface area contributed by atoms with E-state index >= 15 is 0 Å². The molecule has 156 valence electrons. The molecule has 1 aromatic carbocycles. The van der Waals surface area contributed by atoms with Crippen LogP contribution in [0.5, 0.6) is 0 Å². The maximum atomic E-state index is 12.5. The number of esters is 1. The number of nitrogens with one attached hydrogen (secondary N) is 1. The normalized spacial score (nSPS) is 14.8. The molecular formula is C22H35N3O3. The fraction of sp³-hybridized carbons (Fsp3) is 0.636. The molecule has 28 heavy (non-hydrogen) atoms. The predicted molar refractivity (Wildman–Crippen MR) is 114 cm³/mol. The Kier molecular flexibility index (Phi) is 9.28. The summed E-state index contributed by atoms with van der Waals surface area (Å²) in [5.41, 5.74) is 2.15. The first kappa shape index (κ1) is 22.2. The summed E-state index contributed by atoms with van der Waals surface area (Å²) in [6.07, 6.45) is 4.77. The lowest BCUT2D eigenvalue weighted by Gasteiger charge is -2.36. The number of likely N-dealkylation sites (N-methyl/N-ethyl adjacent to an activating group) is 1. The van der Waals surface area contributed by atoms with E-state index in [1.165, 1.54) is 0 Å². The van der Waals surface area contributed by atoms with Gasteiger partial charge in [0, 0.05) is 32.6 Å². The van der Waals surface area contributed by atoms with E-state index in [0.29, 0.717) is 24.3 Å². The van der Waals surface area contributed by atoms with Gasteiger partial charge in [-0.15, -0.1) is 0 Å². The topological polar surface area (TPSA) is 61.9 Å². The summed E-state index contributed by atoms with van der Waals surface area (Å²) in [5.74, 6) is -0.353. The van der Waals surface area contributed by atoms with E-state index in [4.69, 9.17) is 4.74 Å². The molecule has 0 spiro atoms. The van der Waals surface area contributed by atoms with Crippen molar-refractivity contribution >= 4 is 23.3 Å². The van der Waals surface area contributed by atoms with Crippen LogP contribution in [0.1, 0.15) is 63.2 Å². The number of benzene rings is 1. The summed E-state index contributed by atoms with van der Waals surface area (Å²) >= 11 is 0. The molecule has 6 nitrogen and oxygen atoms in total. The molecule has 0 bridgehead atoms. The molecule has 1 aliphatic heterocycles. The standard InChI is InChI=1S/C22H35N3O3/c1-4-7-8-9-10-21(26)23-19-17-18(22(27)28-6-3)11-12-20(19)25-15-13-24(5-2)14-16-25/h11-12,17H,4-10,13-16H2,1-3H3,(H,23,26). The molecular weight excluding hydrogens is 354 g/mol. The third-order valence-electron chi connectivity index (χ3n) is 5.20. The highest BCUT2D eigenvalue weighted by molar-refractivity contribution is 5.98. The summed E-state index contributed by atoms with van der Waals surface area (Å²) in [5, 5.41) is 3.05. The first-order valence-electron chi connectivity index (χ1n) is 10.7. The predicted octanol–water partition coefficient (Wildman–Crippen LogP) is 3.91. The van der Waals surface area contributed by atoms with Crippen LogP contribution in [0.2, 0.25) is 0 Å². The minimum Gasteiger partial charge on any atom is -0.462 e. The Balaban J connectivity index is 2.14. The smallest absolute Gasteiger partial charge is 0.338 e. The fourth-order valence-corrected chi connectivity index (χ4v) is 3.48. The Morgan fingerprint density at radius 2 is 1.79 bits per heavy atom. The molecule has 2 rings (SSSR count). The number of carbonyl (C=O) groups excluding carboxylic acids is 2. The molecule has 1 N–H and O–H groups in total. The second kappa shape index (κ2) is 11.7. The van der Waals surface area contributed by atoms with E-state index in [0.717, 1.165) is 64.1 Å². The third-order valence-corrected chi connectivity index (χ3v) is 5.20. The molecule has 0 aliphatic carbocycles. The van der Waals surface area contributed by atoms with Crippen LogP contribution in [0.3, 0.4) is 0 Å². The van der Waals surface area contributed by atoms with E-state index < -0.39 is 0 Å². The Bertz CT molecular complexity index is 640. The van der Waals surface area contributed by atoms with Gasteiger partial charge >= 0.3 is 5.97 Å². The molecule has 0 saturated carbocycles. The quantitative estimate of drug-likeness (QED) is 0.485. The summed E-state index contributed by atoms with van der Waals surface area (Å²) in [6.45, 7) is 11.3. The minimum absolute atomic E-state index is 0.00514. The van der Waals surface area contributed by atoms with Gasteiger partial charge in [0.1, 0.15) is 0 Å². The number of anilines is 2. The Morgan fingerprint density at radius 1 is 1.04 bits per heavy atom. The number of piperazine rings is 1. The van der Waals surface area contributed by atoms with Crippen molar-refractivity contribution in [3.63, 3.8) is 0 Å². The maximum absolute atomic E-state index is 12.5. The van der Waals surface area contributed by atoms with Crippen molar-refractivity contribution in [3.8, 4) is 0 Å². The number of rotatable bonds is 10. The Hall–Kier alpha value is -2.08. The molecule has 0 atom stereocenters. The number of amides is 1. The van der Waals surface area contributed by atoms with Crippen molar-refractivity contribution in [3.05, 3.63) is 23.8 Å². The van der Waals surface area contributed by atoms with E-state index in [9.17, 15) is 9.59 Å². The van der Waals surface area contributed by atoms with Gasteiger partial charge in [-0.1, -0.05) is 33.1 Å². The second-order valence-electron chi connectivity index (χ2n) is 7.23. The van der Waals surface area contributed by atoms with E-state index in [2.05, 4.69) is 29.0 Å². The van der Waals surface area contributed by atoms with E-state index in [1.54, 1.807) is 19.1 Å². The van der Waals surface area contributed by atoms with Gasteiger partial charge in [-0.05, 0) is 38.1 Å².